The van der Waals surface area contributed by atoms with E-state index in [0.717, 1.165) is 12.0 Å². The zero-order chi connectivity index (χ0) is 17.4. The van der Waals surface area contributed by atoms with Crippen molar-refractivity contribution >= 4 is 21.4 Å². The molecule has 0 radical (unpaired) electrons. The number of rotatable bonds is 4. The first-order valence-electron chi connectivity index (χ1n) is 7.84. The Labute approximate surface area is 149 Å². The van der Waals surface area contributed by atoms with Crippen molar-refractivity contribution in [3.8, 4) is 10.6 Å². The molecule has 1 aromatic heterocycles. The Morgan fingerprint density at radius 3 is 2.44 bits per heavy atom. The van der Waals surface area contributed by atoms with E-state index in [1.807, 2.05) is 30.3 Å². The van der Waals surface area contributed by atoms with Crippen molar-refractivity contribution in [2.45, 2.75) is 17.5 Å². The maximum absolute atomic E-state index is 13.0. The van der Waals surface area contributed by atoms with Crippen molar-refractivity contribution in [1.82, 2.24) is 9.29 Å². The molecule has 1 aliphatic heterocycles. The Bertz CT molecular complexity index is 985. The second kappa shape index (κ2) is 6.33. The molecule has 0 spiro atoms. The van der Waals surface area contributed by atoms with Gasteiger partial charge in [0.05, 0.1) is 6.04 Å². The molecule has 0 aliphatic carbocycles. The Morgan fingerprint density at radius 1 is 1.08 bits per heavy atom. The van der Waals surface area contributed by atoms with Crippen LogP contribution in [-0.4, -0.2) is 24.3 Å². The molecule has 1 fully saturated rings. The van der Waals surface area contributed by atoms with E-state index in [9.17, 15) is 12.8 Å². The van der Waals surface area contributed by atoms with Crippen LogP contribution in [0.4, 0.5) is 4.39 Å². The molecular formula is C18H15FN2O2S2. The van der Waals surface area contributed by atoms with Crippen LogP contribution < -0.4 is 0 Å². The van der Waals surface area contributed by atoms with E-state index >= 15 is 0 Å². The lowest BCUT2D eigenvalue weighted by Gasteiger charge is -2.39. The van der Waals surface area contributed by atoms with Gasteiger partial charge >= 0.3 is 0 Å². The normalized spacial score (nSPS) is 18.0. The predicted octanol–water partition coefficient (Wildman–Crippen LogP) is 4.08. The summed E-state index contributed by atoms with van der Waals surface area (Å²) in [6, 6.07) is 15.4. The molecule has 25 heavy (non-hydrogen) atoms. The van der Waals surface area contributed by atoms with Gasteiger partial charge in [0, 0.05) is 17.5 Å². The van der Waals surface area contributed by atoms with Gasteiger partial charge in [-0.1, -0.05) is 30.3 Å². The summed E-state index contributed by atoms with van der Waals surface area (Å²) in [5, 5.41) is 2.17. The highest BCUT2D eigenvalue weighted by atomic mass is 32.2. The minimum absolute atomic E-state index is 0.0532. The van der Waals surface area contributed by atoms with Gasteiger partial charge in [-0.2, -0.15) is 4.31 Å². The number of benzene rings is 2. The Kier molecular flexibility index (Phi) is 4.15. The fraction of sp³-hybridized carbons (Fsp3) is 0.167. The van der Waals surface area contributed by atoms with Crippen LogP contribution in [-0.2, 0) is 10.0 Å². The van der Waals surface area contributed by atoms with E-state index in [2.05, 4.69) is 4.98 Å². The third kappa shape index (κ3) is 2.99. The van der Waals surface area contributed by atoms with E-state index < -0.39 is 10.0 Å². The molecule has 4 rings (SSSR count). The van der Waals surface area contributed by atoms with Crippen LogP contribution in [0.5, 0.6) is 0 Å². The molecule has 2 aromatic carbocycles. The van der Waals surface area contributed by atoms with Crippen LogP contribution in [0.2, 0.25) is 0 Å². The number of thiazole rings is 1. The molecule has 1 aliphatic rings. The van der Waals surface area contributed by atoms with E-state index in [-0.39, 0.29) is 16.9 Å². The zero-order valence-corrected chi connectivity index (χ0v) is 14.8. The average Bonchev–Trinajstić information content (AvgIpc) is 3.06. The number of nitrogens with zero attached hydrogens (tertiary/aromatic N) is 2. The number of hydrogen-bond acceptors (Lipinski definition) is 4. The lowest BCUT2D eigenvalue weighted by atomic mass is 9.98. The van der Waals surface area contributed by atoms with Crippen LogP contribution in [0.25, 0.3) is 10.6 Å². The highest BCUT2D eigenvalue weighted by Gasteiger charge is 2.40. The fourth-order valence-electron chi connectivity index (χ4n) is 2.88. The third-order valence-electron chi connectivity index (χ3n) is 4.30. The summed E-state index contributed by atoms with van der Waals surface area (Å²) in [5.74, 6) is -0.334. The minimum Gasteiger partial charge on any atom is -0.223 e. The van der Waals surface area contributed by atoms with Gasteiger partial charge in [-0.25, -0.2) is 17.8 Å². The Morgan fingerprint density at radius 2 is 1.80 bits per heavy atom. The maximum atomic E-state index is 13.0. The first-order chi connectivity index (χ1) is 12.1. The minimum atomic E-state index is -3.64. The van der Waals surface area contributed by atoms with Crippen molar-refractivity contribution in [2.75, 3.05) is 6.54 Å². The van der Waals surface area contributed by atoms with Gasteiger partial charge in [0.25, 0.3) is 10.0 Å². The van der Waals surface area contributed by atoms with Gasteiger partial charge in [-0.3, -0.25) is 0 Å². The molecule has 2 heterocycles. The highest BCUT2D eigenvalue weighted by molar-refractivity contribution is 7.89. The summed E-state index contributed by atoms with van der Waals surface area (Å²) in [7, 11) is -3.64. The second-order valence-corrected chi connectivity index (χ2v) is 8.52. The lowest BCUT2D eigenvalue weighted by Crippen LogP contribution is -2.45. The largest absolute Gasteiger partial charge is 0.261 e. The number of sulfonamides is 1. The van der Waals surface area contributed by atoms with Crippen molar-refractivity contribution in [3.05, 3.63) is 71.4 Å². The van der Waals surface area contributed by atoms with Crippen LogP contribution in [0.15, 0.2) is 65.0 Å². The lowest BCUT2D eigenvalue weighted by molar-refractivity contribution is 0.201. The van der Waals surface area contributed by atoms with Crippen LogP contribution >= 0.6 is 11.3 Å². The summed E-state index contributed by atoms with van der Waals surface area (Å²) < 4.78 is 40.3. The van der Waals surface area contributed by atoms with Gasteiger partial charge < -0.3 is 0 Å². The van der Waals surface area contributed by atoms with Gasteiger partial charge in [-0.15, -0.1) is 11.3 Å². The van der Waals surface area contributed by atoms with E-state index in [1.165, 1.54) is 27.8 Å². The maximum Gasteiger partial charge on any atom is 0.261 e. The van der Waals surface area contributed by atoms with Gasteiger partial charge in [-0.05, 0) is 36.2 Å². The molecule has 4 nitrogen and oxygen atoms in total. The van der Waals surface area contributed by atoms with Gasteiger partial charge in [0.2, 0.25) is 0 Å². The van der Waals surface area contributed by atoms with Crippen molar-refractivity contribution in [3.63, 3.8) is 0 Å². The molecule has 128 valence electrons. The first-order valence-corrected chi connectivity index (χ1v) is 10.2. The monoisotopic (exact) mass is 374 g/mol. The van der Waals surface area contributed by atoms with E-state index in [1.54, 1.807) is 17.5 Å². The predicted molar refractivity (Wildman–Crippen MR) is 95.2 cm³/mol. The molecule has 3 aromatic rings. The number of hydrogen-bond donors (Lipinski definition) is 0. The smallest absolute Gasteiger partial charge is 0.223 e. The first kappa shape index (κ1) is 16.4. The standard InChI is InChI=1S/C18H15FN2O2S2/c19-15-8-6-14(7-9-15)18-20-17(12-24-18)25(22,23)21-11-10-16(21)13-4-2-1-3-5-13/h1-9,12,16H,10-11H2. The van der Waals surface area contributed by atoms with Gasteiger partial charge in [0.1, 0.15) is 10.8 Å². The Balaban J connectivity index is 1.62. The van der Waals surface area contributed by atoms with Gasteiger partial charge in [0.15, 0.2) is 5.03 Å². The SMILES string of the molecule is O=S(=O)(c1csc(-c2ccc(F)cc2)n1)N1CCC1c1ccccc1. The summed E-state index contributed by atoms with van der Waals surface area (Å²) >= 11 is 1.25. The second-order valence-electron chi connectivity index (χ2n) is 5.83. The Hall–Kier alpha value is -2.09. The van der Waals surface area contributed by atoms with Crippen molar-refractivity contribution < 1.29 is 12.8 Å². The fourth-order valence-corrected chi connectivity index (χ4v) is 5.61. The van der Waals surface area contributed by atoms with E-state index in [0.29, 0.717) is 17.1 Å². The average molecular weight is 374 g/mol. The third-order valence-corrected chi connectivity index (χ3v) is 7.13. The number of halogens is 1. The molecule has 1 atom stereocenters. The van der Waals surface area contributed by atoms with Crippen LogP contribution in [0.1, 0.15) is 18.0 Å². The highest BCUT2D eigenvalue weighted by Crippen LogP contribution is 2.38. The molecular weight excluding hydrogens is 359 g/mol. The van der Waals surface area contributed by atoms with E-state index in [4.69, 9.17) is 0 Å². The quantitative estimate of drug-likeness (QED) is 0.691. The summed E-state index contributed by atoms with van der Waals surface area (Å²) in [6.45, 7) is 0.491. The van der Waals surface area contributed by atoms with Crippen LogP contribution in [0, 0.1) is 5.82 Å². The molecule has 0 N–H and O–H groups in total. The van der Waals surface area contributed by atoms with Crippen LogP contribution in [0.3, 0.4) is 0 Å². The van der Waals surface area contributed by atoms with Crippen molar-refractivity contribution in [1.29, 1.82) is 0 Å². The molecule has 1 unspecified atom stereocenters. The summed E-state index contributed by atoms with van der Waals surface area (Å²) in [6.07, 6.45) is 0.804. The summed E-state index contributed by atoms with van der Waals surface area (Å²) in [5.41, 5.74) is 1.70. The number of aromatic nitrogens is 1. The zero-order valence-electron chi connectivity index (χ0n) is 13.2. The molecule has 7 heteroatoms. The molecule has 0 bridgehead atoms. The molecule has 1 saturated heterocycles. The van der Waals surface area contributed by atoms with Crippen molar-refractivity contribution in [2.24, 2.45) is 0 Å². The molecule has 0 saturated carbocycles. The molecule has 0 amide bonds. The topological polar surface area (TPSA) is 50.3 Å². The summed E-state index contributed by atoms with van der Waals surface area (Å²) in [4.78, 5) is 4.28.